The molecule has 0 aliphatic carbocycles. The van der Waals surface area contributed by atoms with Crippen molar-refractivity contribution in [2.45, 2.75) is 13.0 Å². The number of aromatic nitrogens is 2. The van der Waals surface area contributed by atoms with E-state index < -0.39 is 23.4 Å². The highest BCUT2D eigenvalue weighted by atomic mass is 32.1. The van der Waals surface area contributed by atoms with Gasteiger partial charge in [-0.15, -0.1) is 0 Å². The molecule has 0 radical (unpaired) electrons. The Bertz CT molecular complexity index is 1540. The van der Waals surface area contributed by atoms with Crippen LogP contribution < -0.4 is 5.32 Å². The van der Waals surface area contributed by atoms with Crippen molar-refractivity contribution in [1.82, 2.24) is 14.9 Å². The number of thiocarbonyl (C=S) groups is 1. The zero-order valence-corrected chi connectivity index (χ0v) is 17.9. The summed E-state index contributed by atoms with van der Waals surface area (Å²) in [6, 6.07) is 8.49. The maximum atomic E-state index is 14.2. The third-order valence-electron chi connectivity index (χ3n) is 5.69. The summed E-state index contributed by atoms with van der Waals surface area (Å²) in [4.78, 5) is 32.7. The van der Waals surface area contributed by atoms with Crippen molar-refractivity contribution in [2.75, 3.05) is 6.54 Å². The lowest BCUT2D eigenvalue weighted by Gasteiger charge is -2.03. The van der Waals surface area contributed by atoms with Crippen LogP contribution in [0.15, 0.2) is 53.8 Å². The quantitative estimate of drug-likeness (QED) is 0.192. The van der Waals surface area contributed by atoms with Gasteiger partial charge in [-0.25, -0.2) is 13.8 Å². The molecule has 1 aliphatic rings. The molecule has 0 spiro atoms. The molecule has 5 rings (SSSR count). The van der Waals surface area contributed by atoms with Crippen LogP contribution in [0.2, 0.25) is 0 Å². The van der Waals surface area contributed by atoms with Crippen molar-refractivity contribution in [2.24, 2.45) is 4.99 Å². The summed E-state index contributed by atoms with van der Waals surface area (Å²) in [5.74, 6) is -2.11. The van der Waals surface area contributed by atoms with Gasteiger partial charge >= 0.3 is 0 Å². The Balaban J connectivity index is 1.74. The number of hydrogen-bond acceptors (Lipinski definition) is 4. The van der Waals surface area contributed by atoms with Crippen LogP contribution in [-0.2, 0) is 16.1 Å². The average molecular weight is 462 g/mol. The summed E-state index contributed by atoms with van der Waals surface area (Å²) in [6.07, 6.45) is 3.96. The number of fused-ring (bicyclic) bond motifs is 2. The number of nitrogens with zero attached hydrogens (tertiary/aromatic N) is 2. The highest BCUT2D eigenvalue weighted by Crippen LogP contribution is 2.38. The lowest BCUT2D eigenvalue weighted by Crippen LogP contribution is -2.22. The summed E-state index contributed by atoms with van der Waals surface area (Å²) < 4.78 is 30.0. The zero-order valence-electron chi connectivity index (χ0n) is 17.1. The van der Waals surface area contributed by atoms with Gasteiger partial charge in [-0.05, 0) is 55.0 Å². The first-order valence-corrected chi connectivity index (χ1v) is 10.6. The maximum Gasteiger partial charge on any atom is 0.259 e. The fourth-order valence-electron chi connectivity index (χ4n) is 4.29. The lowest BCUT2D eigenvalue weighted by atomic mass is 9.95. The van der Waals surface area contributed by atoms with E-state index in [1.54, 1.807) is 24.5 Å². The van der Waals surface area contributed by atoms with Gasteiger partial charge in [-0.2, -0.15) is 0 Å². The minimum atomic E-state index is -0.590. The van der Waals surface area contributed by atoms with Gasteiger partial charge in [0.2, 0.25) is 0 Å². The topological polar surface area (TPSA) is 79.2 Å². The molecule has 2 aromatic heterocycles. The predicted octanol–water partition coefficient (Wildman–Crippen LogP) is 4.46. The number of nitrogens with one attached hydrogen (secondary N) is 2. The fourth-order valence-corrected chi connectivity index (χ4v) is 4.38. The Morgan fingerprint density at radius 3 is 2.42 bits per heavy atom. The van der Waals surface area contributed by atoms with E-state index in [4.69, 9.17) is 0 Å². The van der Waals surface area contributed by atoms with Gasteiger partial charge in [0.1, 0.15) is 11.6 Å². The van der Waals surface area contributed by atoms with E-state index in [-0.39, 0.29) is 11.1 Å². The number of aromatic amines is 1. The Morgan fingerprint density at radius 1 is 0.970 bits per heavy atom. The van der Waals surface area contributed by atoms with E-state index >= 15 is 0 Å². The molecule has 2 amide bonds. The number of amides is 2. The summed E-state index contributed by atoms with van der Waals surface area (Å²) in [6.45, 7) is 1.02. The summed E-state index contributed by atoms with van der Waals surface area (Å²) >= 11 is 4.59. The van der Waals surface area contributed by atoms with Crippen molar-refractivity contribution in [3.05, 3.63) is 71.6 Å². The van der Waals surface area contributed by atoms with Crippen LogP contribution >= 0.6 is 12.2 Å². The monoisotopic (exact) mass is 462 g/mol. The minimum Gasteiger partial charge on any atom is -0.361 e. The highest BCUT2D eigenvalue weighted by molar-refractivity contribution is 7.78. The molecule has 9 heteroatoms. The number of hydrogen-bond donors (Lipinski definition) is 2. The Kier molecular flexibility index (Phi) is 5.20. The van der Waals surface area contributed by atoms with E-state index in [0.717, 1.165) is 0 Å². The highest BCUT2D eigenvalue weighted by Gasteiger charge is 2.35. The number of rotatable bonds is 6. The SMILES string of the molecule is O=C1NC(=O)C(c2cn(CCCN=C=S)c3ccc(F)cc23)=C1c1c[nH]c2ccc(F)cc12. The molecule has 3 heterocycles. The van der Waals surface area contributed by atoms with Crippen LogP contribution in [0.3, 0.4) is 0 Å². The van der Waals surface area contributed by atoms with Crippen LogP contribution in [0.1, 0.15) is 17.5 Å². The van der Waals surface area contributed by atoms with Crippen LogP contribution in [0, 0.1) is 11.6 Å². The molecule has 6 nitrogen and oxygen atoms in total. The molecule has 4 aromatic rings. The Morgan fingerprint density at radius 2 is 1.67 bits per heavy atom. The fraction of sp³-hybridized carbons (Fsp3) is 0.125. The average Bonchev–Trinajstić information content (AvgIpc) is 3.43. The first kappa shape index (κ1) is 20.9. The van der Waals surface area contributed by atoms with Crippen molar-refractivity contribution in [1.29, 1.82) is 0 Å². The van der Waals surface area contributed by atoms with E-state index in [1.807, 2.05) is 4.57 Å². The van der Waals surface area contributed by atoms with E-state index in [1.165, 1.54) is 24.3 Å². The molecule has 2 N–H and O–H groups in total. The molecule has 0 bridgehead atoms. The van der Waals surface area contributed by atoms with Crippen molar-refractivity contribution in [3.63, 3.8) is 0 Å². The minimum absolute atomic E-state index is 0.116. The number of aryl methyl sites for hydroxylation is 1. The van der Waals surface area contributed by atoms with Crippen molar-refractivity contribution in [3.8, 4) is 0 Å². The number of halogens is 2. The third kappa shape index (κ3) is 3.57. The molecular weight excluding hydrogens is 446 g/mol. The number of benzene rings is 2. The molecule has 33 heavy (non-hydrogen) atoms. The van der Waals surface area contributed by atoms with Crippen molar-refractivity contribution >= 4 is 62.1 Å². The number of carbonyl (C=O) groups is 2. The van der Waals surface area contributed by atoms with Gasteiger partial charge in [0.05, 0.1) is 22.9 Å². The number of aliphatic imine (C=N–C) groups is 1. The number of isothiocyanates is 1. The normalized spacial score (nSPS) is 13.8. The van der Waals surface area contributed by atoms with E-state index in [0.29, 0.717) is 52.4 Å². The number of carbonyl (C=O) groups excluding carboxylic acids is 2. The molecule has 0 fully saturated rings. The van der Waals surface area contributed by atoms with Gasteiger partial charge in [-0.1, -0.05) is 0 Å². The van der Waals surface area contributed by atoms with E-state index in [2.05, 4.69) is 32.7 Å². The lowest BCUT2D eigenvalue weighted by molar-refractivity contribution is -0.122. The number of imide groups is 1. The second-order valence-electron chi connectivity index (χ2n) is 7.65. The van der Waals surface area contributed by atoms with Gasteiger partial charge in [0.25, 0.3) is 11.8 Å². The Hall–Kier alpha value is -3.94. The first-order chi connectivity index (χ1) is 16.0. The molecule has 2 aromatic carbocycles. The molecular formula is C24H16F2N4O2S. The van der Waals surface area contributed by atoms with Gasteiger partial charge in [-0.3, -0.25) is 14.9 Å². The molecule has 1 aliphatic heterocycles. The second kappa shape index (κ2) is 8.20. The maximum absolute atomic E-state index is 14.2. The van der Waals surface area contributed by atoms with Gasteiger partial charge in [0.15, 0.2) is 0 Å². The van der Waals surface area contributed by atoms with Crippen LogP contribution in [0.5, 0.6) is 0 Å². The molecule has 164 valence electrons. The van der Waals surface area contributed by atoms with Crippen LogP contribution in [0.4, 0.5) is 8.78 Å². The summed E-state index contributed by atoms with van der Waals surface area (Å²) in [5, 5.41) is 5.62. The second-order valence-corrected chi connectivity index (χ2v) is 7.83. The largest absolute Gasteiger partial charge is 0.361 e. The van der Waals surface area contributed by atoms with Crippen LogP contribution in [0.25, 0.3) is 33.0 Å². The van der Waals surface area contributed by atoms with E-state index in [9.17, 15) is 18.4 Å². The smallest absolute Gasteiger partial charge is 0.259 e. The summed E-state index contributed by atoms with van der Waals surface area (Å²) in [7, 11) is 0. The predicted molar refractivity (Wildman–Crippen MR) is 125 cm³/mol. The standard InChI is InChI=1S/C24H16F2N4O2S/c25-13-2-4-19-15(8-13)17(10-28-19)21-22(24(32)29-23(21)31)18-11-30(7-1-6-27-12-33)20-5-3-14(26)9-16(18)20/h2-5,8-11,28H,1,6-7H2,(H,29,31,32). The van der Waals surface area contributed by atoms with Crippen LogP contribution in [-0.4, -0.2) is 33.1 Å². The molecule has 0 unspecified atom stereocenters. The van der Waals surface area contributed by atoms with Crippen molar-refractivity contribution < 1.29 is 18.4 Å². The van der Waals surface area contributed by atoms with Gasteiger partial charge < -0.3 is 9.55 Å². The molecule has 0 atom stereocenters. The Labute approximate surface area is 191 Å². The first-order valence-electron chi connectivity index (χ1n) is 10.2. The van der Waals surface area contributed by atoms with Gasteiger partial charge in [0, 0.05) is 51.9 Å². The third-order valence-corrected chi connectivity index (χ3v) is 5.82. The number of H-pyrrole nitrogens is 1. The molecule has 0 saturated carbocycles. The molecule has 0 saturated heterocycles. The summed E-state index contributed by atoms with van der Waals surface area (Å²) in [5.41, 5.74) is 2.39. The zero-order chi connectivity index (χ0) is 23.1.